The van der Waals surface area contributed by atoms with E-state index in [2.05, 4.69) is 149 Å². The second kappa shape index (κ2) is 68.7. The van der Waals surface area contributed by atoms with Gasteiger partial charge in [0.05, 0.1) is 26.4 Å². The molecule has 0 saturated heterocycles. The molecule has 0 aromatic carbocycles. The third-order valence-electron chi connectivity index (χ3n) is 14.6. The second-order valence-electron chi connectivity index (χ2n) is 23.8. The number of phosphoric ester groups is 2. The van der Waals surface area contributed by atoms with Crippen LogP contribution in [0.25, 0.3) is 0 Å². The number of carbonyl (C=O) groups is 4. The van der Waals surface area contributed by atoms with Gasteiger partial charge in [-0.1, -0.05) is 251 Å². The Labute approximate surface area is 580 Å². The lowest BCUT2D eigenvalue weighted by Crippen LogP contribution is -2.30. The minimum atomic E-state index is -4.99. The molecule has 0 aliphatic heterocycles. The maximum absolute atomic E-state index is 13.0. The molecule has 0 saturated carbocycles. The normalized spacial score (nSPS) is 14.8. The average Bonchev–Trinajstić information content (AvgIpc) is 1.13. The van der Waals surface area contributed by atoms with E-state index >= 15 is 0 Å². The maximum Gasteiger partial charge on any atom is 0.472 e. The van der Waals surface area contributed by atoms with E-state index in [4.69, 9.17) is 37.0 Å². The van der Waals surface area contributed by atoms with Gasteiger partial charge in [0.1, 0.15) is 19.3 Å². The first-order valence-corrected chi connectivity index (χ1v) is 39.4. The van der Waals surface area contributed by atoms with E-state index in [1.807, 2.05) is 12.2 Å². The summed E-state index contributed by atoms with van der Waals surface area (Å²) in [6, 6.07) is 0. The summed E-state index contributed by atoms with van der Waals surface area (Å²) in [5.74, 6) is -2.31. The Balaban J connectivity index is 5.41. The lowest BCUT2D eigenvalue weighted by Gasteiger charge is -2.21. The Kier molecular flexibility index (Phi) is 65.3. The summed E-state index contributed by atoms with van der Waals surface area (Å²) < 4.78 is 68.2. The highest BCUT2D eigenvalue weighted by Gasteiger charge is 2.30. The number of unbranched alkanes of at least 4 members (excludes halogenated alkanes) is 19. The van der Waals surface area contributed by atoms with Gasteiger partial charge in [0.2, 0.25) is 0 Å². The maximum atomic E-state index is 13.0. The Morgan fingerprint density at radius 3 is 0.938 bits per heavy atom. The van der Waals surface area contributed by atoms with Gasteiger partial charge in [-0.25, -0.2) is 9.13 Å². The van der Waals surface area contributed by atoms with Crippen molar-refractivity contribution in [1.82, 2.24) is 0 Å². The zero-order chi connectivity index (χ0) is 70.4. The van der Waals surface area contributed by atoms with Crippen LogP contribution >= 0.6 is 15.6 Å². The lowest BCUT2D eigenvalue weighted by molar-refractivity contribution is -0.161. The van der Waals surface area contributed by atoms with Crippen LogP contribution in [-0.4, -0.2) is 96.7 Å². The molecule has 5 atom stereocenters. The van der Waals surface area contributed by atoms with E-state index in [1.165, 1.54) is 38.5 Å². The molecule has 96 heavy (non-hydrogen) atoms. The molecule has 0 radical (unpaired) electrons. The van der Waals surface area contributed by atoms with Crippen LogP contribution in [0, 0.1) is 0 Å². The van der Waals surface area contributed by atoms with Crippen LogP contribution in [0.1, 0.15) is 272 Å². The fourth-order valence-electron chi connectivity index (χ4n) is 9.11. The van der Waals surface area contributed by atoms with E-state index in [1.54, 1.807) is 0 Å². The van der Waals surface area contributed by atoms with Gasteiger partial charge in [-0.3, -0.25) is 37.3 Å². The zero-order valence-corrected chi connectivity index (χ0v) is 61.3. The zero-order valence-electron chi connectivity index (χ0n) is 59.5. The third-order valence-corrected chi connectivity index (χ3v) is 16.5. The van der Waals surface area contributed by atoms with E-state index in [9.17, 15) is 43.2 Å². The number of rotatable bonds is 67. The minimum absolute atomic E-state index is 0.0653. The number of aliphatic hydroxyl groups is 1. The molecule has 0 aliphatic carbocycles. The van der Waals surface area contributed by atoms with E-state index in [-0.39, 0.29) is 25.7 Å². The molecular formula is C77H128O17P2. The molecule has 0 fully saturated rings. The van der Waals surface area contributed by atoms with Crippen LogP contribution in [0.15, 0.2) is 134 Å². The predicted octanol–water partition coefficient (Wildman–Crippen LogP) is 20.5. The summed E-state index contributed by atoms with van der Waals surface area (Å²) in [7, 11) is -9.97. The highest BCUT2D eigenvalue weighted by atomic mass is 31.2. The van der Waals surface area contributed by atoms with Crippen LogP contribution in [0.4, 0.5) is 0 Å². The van der Waals surface area contributed by atoms with Gasteiger partial charge in [-0.05, 0) is 128 Å². The van der Waals surface area contributed by atoms with Crippen molar-refractivity contribution in [2.75, 3.05) is 39.6 Å². The number of phosphoric acid groups is 2. The number of carbonyl (C=O) groups excluding carboxylic acids is 4. The van der Waals surface area contributed by atoms with E-state index < -0.39 is 97.5 Å². The number of ether oxygens (including phenoxy) is 4. The molecular weight excluding hydrogens is 1260 g/mol. The molecule has 0 amide bonds. The van der Waals surface area contributed by atoms with Crippen LogP contribution < -0.4 is 0 Å². The molecule has 0 heterocycles. The molecule has 0 spiro atoms. The van der Waals surface area contributed by atoms with Gasteiger partial charge >= 0.3 is 39.5 Å². The first-order chi connectivity index (χ1) is 46.7. The van der Waals surface area contributed by atoms with Crippen molar-refractivity contribution < 1.29 is 80.2 Å². The Bertz CT molecular complexity index is 2350. The van der Waals surface area contributed by atoms with Crippen molar-refractivity contribution in [1.29, 1.82) is 0 Å². The average molecular weight is 1390 g/mol. The van der Waals surface area contributed by atoms with Crippen LogP contribution in [0.2, 0.25) is 0 Å². The van der Waals surface area contributed by atoms with Gasteiger partial charge in [0.25, 0.3) is 0 Å². The Morgan fingerprint density at radius 1 is 0.302 bits per heavy atom. The fourth-order valence-corrected chi connectivity index (χ4v) is 10.7. The van der Waals surface area contributed by atoms with Crippen LogP contribution in [0.3, 0.4) is 0 Å². The molecule has 0 aliphatic rings. The monoisotopic (exact) mass is 1390 g/mol. The number of aliphatic hydroxyl groups excluding tert-OH is 1. The number of allylic oxidation sites excluding steroid dienone is 22. The quantitative estimate of drug-likeness (QED) is 0.0169. The van der Waals surface area contributed by atoms with Crippen molar-refractivity contribution in [3.05, 3.63) is 134 Å². The Morgan fingerprint density at radius 2 is 0.573 bits per heavy atom. The topological polar surface area (TPSA) is 237 Å². The van der Waals surface area contributed by atoms with E-state index in [0.29, 0.717) is 32.1 Å². The molecule has 0 aromatic rings. The third kappa shape index (κ3) is 67.8. The van der Waals surface area contributed by atoms with Crippen molar-refractivity contribution in [2.24, 2.45) is 0 Å². The van der Waals surface area contributed by atoms with Crippen LogP contribution in [-0.2, 0) is 65.4 Å². The molecule has 0 bridgehead atoms. The summed E-state index contributed by atoms with van der Waals surface area (Å²) >= 11 is 0. The van der Waals surface area contributed by atoms with Gasteiger partial charge in [0.15, 0.2) is 12.2 Å². The predicted molar refractivity (Wildman–Crippen MR) is 390 cm³/mol. The van der Waals surface area contributed by atoms with Gasteiger partial charge in [-0.15, -0.1) is 0 Å². The highest BCUT2D eigenvalue weighted by molar-refractivity contribution is 7.47. The number of esters is 4. The first-order valence-electron chi connectivity index (χ1n) is 36.4. The SMILES string of the molecule is CC/C=C\C/C=C\C/C=C\C/C=C\C/C=C\CCCC(=O)OCC(COP(=O)(O)OCC(O)COP(=O)(O)OCC(COC(=O)CCCC/C=C\C/C=C\C/C=C\C/C=C\CC)OC(=O)CCCCCCC/C=C\C/C=C\CCC)OC(=O)CCCCCCCCCCCCC. The smallest absolute Gasteiger partial charge is 0.462 e. The lowest BCUT2D eigenvalue weighted by atomic mass is 10.1. The molecule has 19 heteroatoms. The highest BCUT2D eigenvalue weighted by Crippen LogP contribution is 2.45. The first kappa shape index (κ1) is 91.2. The summed E-state index contributed by atoms with van der Waals surface area (Å²) in [5, 5.41) is 10.6. The van der Waals surface area contributed by atoms with Gasteiger partial charge in [-0.2, -0.15) is 0 Å². The summed E-state index contributed by atoms with van der Waals surface area (Å²) in [6.45, 7) is 4.42. The number of hydrogen-bond donors (Lipinski definition) is 3. The van der Waals surface area contributed by atoms with Crippen LogP contribution in [0.5, 0.6) is 0 Å². The van der Waals surface area contributed by atoms with Gasteiger partial charge in [0, 0.05) is 25.7 Å². The van der Waals surface area contributed by atoms with E-state index in [0.717, 1.165) is 148 Å². The molecule has 548 valence electrons. The second-order valence-corrected chi connectivity index (χ2v) is 26.7. The molecule has 0 aromatic heterocycles. The molecule has 5 unspecified atom stereocenters. The minimum Gasteiger partial charge on any atom is -0.462 e. The summed E-state index contributed by atoms with van der Waals surface area (Å²) in [6.07, 6.45) is 74.7. The van der Waals surface area contributed by atoms with Crippen molar-refractivity contribution in [3.63, 3.8) is 0 Å². The molecule has 3 N–H and O–H groups in total. The van der Waals surface area contributed by atoms with Crippen molar-refractivity contribution in [3.8, 4) is 0 Å². The van der Waals surface area contributed by atoms with Gasteiger partial charge < -0.3 is 33.8 Å². The number of hydrogen-bond acceptors (Lipinski definition) is 15. The standard InChI is InChI=1S/C77H128O17P2/c1-5-9-13-17-21-25-29-32-34-35-37-40-43-46-50-54-58-62-75(80)87-67-72(93-76(81)63-59-55-51-47-41-28-24-20-16-12-8-4)69-91-95(83,84)89-65-71(78)66-90-96(85,86)92-70-73(94-77(82)64-60-56-52-48-44-38-31-27-23-19-15-11-7-3)68-88-74(79)61-57-53-49-45-42-39-36-33-30-26-22-18-14-10-6-2/h9-10,13-15,19,21-22,25-27,31-34,36-37,40,42,45-46,50,71-73,78H,5-8,11-12,16-18,20,23-24,28-30,35,38-39,41,43-44,47-49,51-70H2,1-4H3,(H,83,84)(H,85,86)/b13-9-,14-10-,19-15-,25-21-,26-22-,31-27-,34-32-,36-33-,40-37-,45-42-,50-46-. The summed E-state index contributed by atoms with van der Waals surface area (Å²) in [5.41, 5.74) is 0. The largest absolute Gasteiger partial charge is 0.472 e. The van der Waals surface area contributed by atoms with Crippen molar-refractivity contribution in [2.45, 2.75) is 290 Å². The Hall–Kier alpha value is -4.80. The molecule has 17 nitrogen and oxygen atoms in total. The van der Waals surface area contributed by atoms with Crippen molar-refractivity contribution >= 4 is 39.5 Å². The molecule has 0 rings (SSSR count). The fraction of sp³-hybridized carbons (Fsp3) is 0.662. The summed E-state index contributed by atoms with van der Waals surface area (Å²) in [4.78, 5) is 72.6.